The molecule has 6 nitrogen and oxygen atoms in total. The number of para-hydroxylation sites is 1. The molecule has 162 valence electrons. The summed E-state index contributed by atoms with van der Waals surface area (Å²) in [6.07, 6.45) is 3.61. The minimum atomic E-state index is -3.58. The van der Waals surface area contributed by atoms with Gasteiger partial charge in [0.05, 0.1) is 29.4 Å². The fourth-order valence-corrected chi connectivity index (χ4v) is 5.45. The van der Waals surface area contributed by atoms with E-state index in [2.05, 4.69) is 5.10 Å². The Balaban J connectivity index is 1.62. The van der Waals surface area contributed by atoms with E-state index in [1.165, 1.54) is 10.7 Å². The number of nitrogens with zero attached hydrogens (tertiary/aromatic N) is 4. The molecule has 1 aliphatic heterocycles. The number of hydrogen-bond acceptors (Lipinski definition) is 5. The van der Waals surface area contributed by atoms with E-state index < -0.39 is 16.1 Å². The summed E-state index contributed by atoms with van der Waals surface area (Å²) in [5.74, 6) is 0. The second kappa shape index (κ2) is 8.03. The summed E-state index contributed by atoms with van der Waals surface area (Å²) in [6.45, 7) is 2.02. The van der Waals surface area contributed by atoms with Gasteiger partial charge >= 0.3 is 0 Å². The first-order valence-corrected chi connectivity index (χ1v) is 13.0. The van der Waals surface area contributed by atoms with Gasteiger partial charge in [-0.15, -0.1) is 0 Å². The fourth-order valence-electron chi connectivity index (χ4n) is 3.91. The molecule has 1 aliphatic rings. The van der Waals surface area contributed by atoms with Crippen LogP contribution in [-0.2, 0) is 10.0 Å². The van der Waals surface area contributed by atoms with Crippen molar-refractivity contribution in [3.63, 3.8) is 0 Å². The molecule has 1 unspecified atom stereocenters. The highest BCUT2D eigenvalue weighted by Crippen LogP contribution is 2.39. The zero-order valence-corrected chi connectivity index (χ0v) is 19.3. The molecule has 2 aromatic heterocycles. The smallest absolute Gasteiger partial charge is 0.240 e. The average Bonchev–Trinajstić information content (AvgIpc) is 3.52. The number of aryl methyl sites for hydroxylation is 1. The van der Waals surface area contributed by atoms with Gasteiger partial charge in [0.2, 0.25) is 10.0 Å². The number of benzene rings is 2. The molecule has 0 saturated carbocycles. The summed E-state index contributed by atoms with van der Waals surface area (Å²) < 4.78 is 28.5. The summed E-state index contributed by atoms with van der Waals surface area (Å²) in [7, 11) is -3.58. The van der Waals surface area contributed by atoms with Gasteiger partial charge in [0.1, 0.15) is 0 Å². The second-order valence-corrected chi connectivity index (χ2v) is 10.5. The SMILES string of the molecule is Cc1ccc(C2=NN(S(C)(=O)=O)C(c3cn(-c4ccccc4)nc3-c3ccsc3)C2)cc1. The van der Waals surface area contributed by atoms with Gasteiger partial charge in [-0.1, -0.05) is 48.0 Å². The highest BCUT2D eigenvalue weighted by molar-refractivity contribution is 7.88. The van der Waals surface area contributed by atoms with Gasteiger partial charge < -0.3 is 0 Å². The van der Waals surface area contributed by atoms with Crippen molar-refractivity contribution in [1.29, 1.82) is 0 Å². The Bertz CT molecular complexity index is 1370. The number of rotatable bonds is 5. The molecular weight excluding hydrogens is 440 g/mol. The van der Waals surface area contributed by atoms with E-state index in [0.29, 0.717) is 6.42 Å². The van der Waals surface area contributed by atoms with E-state index in [1.54, 1.807) is 11.3 Å². The number of aromatic nitrogens is 2. The lowest BCUT2D eigenvalue weighted by molar-refractivity contribution is 0.375. The lowest BCUT2D eigenvalue weighted by Gasteiger charge is -2.21. The maximum atomic E-state index is 12.7. The van der Waals surface area contributed by atoms with Gasteiger partial charge in [-0.3, -0.25) is 0 Å². The van der Waals surface area contributed by atoms with Gasteiger partial charge in [0.15, 0.2) is 0 Å². The van der Waals surface area contributed by atoms with E-state index >= 15 is 0 Å². The average molecular weight is 463 g/mol. The summed E-state index contributed by atoms with van der Waals surface area (Å²) in [6, 6.07) is 19.4. The molecule has 0 amide bonds. The van der Waals surface area contributed by atoms with Gasteiger partial charge in [0, 0.05) is 29.1 Å². The molecule has 2 aromatic carbocycles. The van der Waals surface area contributed by atoms with E-state index in [0.717, 1.165) is 39.3 Å². The van der Waals surface area contributed by atoms with Crippen LogP contribution in [0.2, 0.25) is 0 Å². The number of hydrazone groups is 1. The van der Waals surface area contributed by atoms with Crippen molar-refractivity contribution in [2.24, 2.45) is 5.10 Å². The van der Waals surface area contributed by atoms with Crippen LogP contribution in [0.4, 0.5) is 0 Å². The van der Waals surface area contributed by atoms with Crippen molar-refractivity contribution >= 4 is 27.1 Å². The van der Waals surface area contributed by atoms with Crippen molar-refractivity contribution in [2.75, 3.05) is 6.26 Å². The summed E-state index contributed by atoms with van der Waals surface area (Å²) in [5, 5.41) is 13.4. The van der Waals surface area contributed by atoms with Crippen molar-refractivity contribution in [3.8, 4) is 16.9 Å². The molecule has 0 bridgehead atoms. The molecule has 0 spiro atoms. The molecule has 5 rings (SSSR count). The van der Waals surface area contributed by atoms with Crippen LogP contribution in [0.3, 0.4) is 0 Å². The van der Waals surface area contributed by atoms with Crippen LogP contribution < -0.4 is 0 Å². The van der Waals surface area contributed by atoms with Crippen LogP contribution in [0, 0.1) is 6.92 Å². The third-order valence-corrected chi connectivity index (χ3v) is 7.21. The van der Waals surface area contributed by atoms with Crippen LogP contribution in [0.1, 0.15) is 29.2 Å². The number of sulfonamides is 1. The molecule has 0 saturated heterocycles. The molecule has 3 heterocycles. The van der Waals surface area contributed by atoms with Crippen LogP contribution >= 0.6 is 11.3 Å². The molecule has 0 aliphatic carbocycles. The van der Waals surface area contributed by atoms with Gasteiger partial charge in [-0.05, 0) is 36.1 Å². The van der Waals surface area contributed by atoms with Gasteiger partial charge in [-0.25, -0.2) is 13.1 Å². The normalized spacial score (nSPS) is 16.4. The lowest BCUT2D eigenvalue weighted by Crippen LogP contribution is -2.26. The molecule has 0 radical (unpaired) electrons. The van der Waals surface area contributed by atoms with Crippen molar-refractivity contribution in [1.82, 2.24) is 14.2 Å². The van der Waals surface area contributed by atoms with Crippen molar-refractivity contribution in [3.05, 3.63) is 94.3 Å². The third-order valence-electron chi connectivity index (χ3n) is 5.51. The minimum Gasteiger partial charge on any atom is -0.240 e. The Kier molecular flexibility index (Phi) is 5.19. The van der Waals surface area contributed by atoms with Crippen molar-refractivity contribution < 1.29 is 8.42 Å². The molecule has 0 N–H and O–H groups in total. The van der Waals surface area contributed by atoms with Crippen LogP contribution in [0.15, 0.2) is 82.7 Å². The molecule has 32 heavy (non-hydrogen) atoms. The Morgan fingerprint density at radius 2 is 1.75 bits per heavy atom. The van der Waals surface area contributed by atoms with E-state index in [9.17, 15) is 8.42 Å². The largest absolute Gasteiger partial charge is 0.247 e. The summed E-state index contributed by atoms with van der Waals surface area (Å²) in [4.78, 5) is 0. The molecule has 4 aromatic rings. The molecule has 1 atom stereocenters. The fraction of sp³-hybridized carbons (Fsp3) is 0.167. The topological polar surface area (TPSA) is 67.6 Å². The monoisotopic (exact) mass is 462 g/mol. The highest BCUT2D eigenvalue weighted by atomic mass is 32.2. The summed E-state index contributed by atoms with van der Waals surface area (Å²) in [5.41, 5.74) is 6.32. The van der Waals surface area contributed by atoms with E-state index in [4.69, 9.17) is 5.10 Å². The predicted molar refractivity (Wildman–Crippen MR) is 129 cm³/mol. The first-order valence-electron chi connectivity index (χ1n) is 10.2. The first kappa shape index (κ1) is 20.7. The number of hydrogen-bond donors (Lipinski definition) is 0. The Hall–Kier alpha value is -3.23. The lowest BCUT2D eigenvalue weighted by atomic mass is 9.97. The standard InChI is InChI=1S/C24H22N4O2S2/c1-17-8-10-18(11-9-17)22-14-23(28(25-22)32(2,29)30)21-15-27(20-6-4-3-5-7-20)26-24(21)19-12-13-31-16-19/h3-13,15-16,23H,14H2,1-2H3. The van der Waals surface area contributed by atoms with Gasteiger partial charge in [-0.2, -0.15) is 26.0 Å². The highest BCUT2D eigenvalue weighted by Gasteiger charge is 2.37. The zero-order valence-electron chi connectivity index (χ0n) is 17.7. The van der Waals surface area contributed by atoms with Crippen LogP contribution in [-0.4, -0.2) is 34.6 Å². The van der Waals surface area contributed by atoms with E-state index in [1.807, 2.05) is 89.2 Å². The maximum Gasteiger partial charge on any atom is 0.247 e. The summed E-state index contributed by atoms with van der Waals surface area (Å²) >= 11 is 1.59. The number of thiophene rings is 1. The zero-order chi connectivity index (χ0) is 22.3. The molecule has 0 fully saturated rings. The van der Waals surface area contributed by atoms with Crippen LogP contribution in [0.5, 0.6) is 0 Å². The van der Waals surface area contributed by atoms with Crippen molar-refractivity contribution in [2.45, 2.75) is 19.4 Å². The molecule has 8 heteroatoms. The predicted octanol–water partition coefficient (Wildman–Crippen LogP) is 5.02. The first-order chi connectivity index (χ1) is 15.4. The van der Waals surface area contributed by atoms with Crippen LogP contribution in [0.25, 0.3) is 16.9 Å². The molecular formula is C24H22N4O2S2. The van der Waals surface area contributed by atoms with Gasteiger partial charge in [0.25, 0.3) is 0 Å². The Labute approximate surface area is 191 Å². The second-order valence-electron chi connectivity index (χ2n) is 7.89. The quantitative estimate of drug-likeness (QED) is 0.418. The Morgan fingerprint density at radius 3 is 2.41 bits per heavy atom. The van der Waals surface area contributed by atoms with E-state index in [-0.39, 0.29) is 0 Å². The Morgan fingerprint density at radius 1 is 1.00 bits per heavy atom. The third kappa shape index (κ3) is 3.87. The maximum absolute atomic E-state index is 12.7. The minimum absolute atomic E-state index is 0.464.